The number of rotatable bonds is 2. The molecule has 2 N–H and O–H groups in total. The maximum Gasteiger partial charge on any atom is 0.144 e. The van der Waals surface area contributed by atoms with Crippen LogP contribution in [0.5, 0.6) is 5.75 Å². The Kier molecular flexibility index (Phi) is 4.66. The van der Waals surface area contributed by atoms with E-state index in [1.807, 2.05) is 30.3 Å². The maximum atomic E-state index is 5.40. The van der Waals surface area contributed by atoms with Gasteiger partial charge in [0.25, 0.3) is 0 Å². The van der Waals surface area contributed by atoms with E-state index in [0.717, 1.165) is 5.75 Å². The van der Waals surface area contributed by atoms with Gasteiger partial charge in [0.1, 0.15) is 12.0 Å². The van der Waals surface area contributed by atoms with Crippen molar-refractivity contribution in [3.05, 3.63) is 30.3 Å². The summed E-state index contributed by atoms with van der Waals surface area (Å²) < 4.78 is 5.19. The molecule has 0 aliphatic carbocycles. The molecule has 62 valence electrons. The average molecular weight is 174 g/mol. The molecule has 0 bridgehead atoms. The highest BCUT2D eigenvalue weighted by Crippen LogP contribution is 2.08. The van der Waals surface area contributed by atoms with Crippen LogP contribution in [0.2, 0.25) is 0 Å². The largest absolute Gasteiger partial charge is 0.476 e. The van der Waals surface area contributed by atoms with E-state index in [4.69, 9.17) is 10.5 Å². The number of benzene rings is 1. The quantitative estimate of drug-likeness (QED) is 0.693. The van der Waals surface area contributed by atoms with Crippen LogP contribution >= 0.6 is 12.4 Å². The third kappa shape index (κ3) is 3.86. The van der Waals surface area contributed by atoms with Gasteiger partial charge in [-0.3, -0.25) is 5.73 Å². The smallest absolute Gasteiger partial charge is 0.144 e. The van der Waals surface area contributed by atoms with Crippen LogP contribution in [0.3, 0.4) is 0 Å². The van der Waals surface area contributed by atoms with Crippen molar-refractivity contribution in [2.45, 2.75) is 13.2 Å². The lowest BCUT2D eigenvalue weighted by Gasteiger charge is -2.07. The first kappa shape index (κ1) is 10.3. The SMILES string of the molecule is CC(N)Oc1ccccc1.Cl. The highest BCUT2D eigenvalue weighted by Gasteiger charge is 1.92. The Hall–Kier alpha value is -0.730. The Bertz CT molecular complexity index is 189. The molecular weight excluding hydrogens is 162 g/mol. The van der Waals surface area contributed by atoms with Gasteiger partial charge in [0.2, 0.25) is 0 Å². The summed E-state index contributed by atoms with van der Waals surface area (Å²) in [5, 5.41) is 0. The van der Waals surface area contributed by atoms with Gasteiger partial charge in [-0.25, -0.2) is 0 Å². The molecule has 1 aromatic rings. The molecule has 0 amide bonds. The predicted molar refractivity (Wildman–Crippen MR) is 48.0 cm³/mol. The van der Waals surface area contributed by atoms with Crippen LogP contribution < -0.4 is 10.5 Å². The summed E-state index contributed by atoms with van der Waals surface area (Å²) in [4.78, 5) is 0. The highest BCUT2D eigenvalue weighted by atomic mass is 35.5. The van der Waals surface area contributed by atoms with Gasteiger partial charge in [-0.05, 0) is 19.1 Å². The van der Waals surface area contributed by atoms with E-state index in [0.29, 0.717) is 0 Å². The van der Waals surface area contributed by atoms with E-state index in [-0.39, 0.29) is 18.6 Å². The first-order chi connectivity index (χ1) is 4.79. The summed E-state index contributed by atoms with van der Waals surface area (Å²) in [6, 6.07) is 9.52. The topological polar surface area (TPSA) is 35.2 Å². The maximum absolute atomic E-state index is 5.40. The van der Waals surface area contributed by atoms with Crippen LogP contribution in [0.1, 0.15) is 6.92 Å². The second-order valence-electron chi connectivity index (χ2n) is 2.14. The molecule has 0 saturated carbocycles. The van der Waals surface area contributed by atoms with Crippen molar-refractivity contribution in [3.63, 3.8) is 0 Å². The molecule has 0 radical (unpaired) electrons. The van der Waals surface area contributed by atoms with Gasteiger partial charge in [-0.15, -0.1) is 12.4 Å². The molecule has 2 nitrogen and oxygen atoms in total. The molecule has 1 atom stereocenters. The number of halogens is 1. The van der Waals surface area contributed by atoms with Crippen LogP contribution in [0.15, 0.2) is 30.3 Å². The van der Waals surface area contributed by atoms with Crippen LogP contribution in [0, 0.1) is 0 Å². The Morgan fingerprint density at radius 3 is 2.27 bits per heavy atom. The number of ether oxygens (including phenoxy) is 1. The Morgan fingerprint density at radius 1 is 1.27 bits per heavy atom. The van der Waals surface area contributed by atoms with Crippen molar-refractivity contribution in [1.82, 2.24) is 0 Å². The minimum Gasteiger partial charge on any atom is -0.476 e. The average Bonchev–Trinajstić information content (AvgIpc) is 1.88. The second kappa shape index (κ2) is 4.99. The van der Waals surface area contributed by atoms with Crippen molar-refractivity contribution in [2.24, 2.45) is 5.73 Å². The molecule has 1 unspecified atom stereocenters. The van der Waals surface area contributed by atoms with E-state index in [1.54, 1.807) is 6.92 Å². The molecule has 0 fully saturated rings. The van der Waals surface area contributed by atoms with Crippen molar-refractivity contribution in [3.8, 4) is 5.75 Å². The predicted octanol–water partition coefficient (Wildman–Crippen LogP) is 1.79. The summed E-state index contributed by atoms with van der Waals surface area (Å²) in [7, 11) is 0. The molecule has 1 rings (SSSR count). The van der Waals surface area contributed by atoms with Crippen LogP contribution in [-0.4, -0.2) is 6.23 Å². The van der Waals surface area contributed by atoms with Crippen molar-refractivity contribution in [1.29, 1.82) is 0 Å². The van der Waals surface area contributed by atoms with Crippen LogP contribution in [0.4, 0.5) is 0 Å². The lowest BCUT2D eigenvalue weighted by atomic mass is 10.3. The van der Waals surface area contributed by atoms with Gasteiger partial charge in [-0.2, -0.15) is 0 Å². The fourth-order valence-corrected chi connectivity index (χ4v) is 0.714. The van der Waals surface area contributed by atoms with Gasteiger partial charge in [0.05, 0.1) is 0 Å². The second-order valence-corrected chi connectivity index (χ2v) is 2.14. The molecule has 0 aliphatic heterocycles. The van der Waals surface area contributed by atoms with Gasteiger partial charge in [-0.1, -0.05) is 18.2 Å². The molecule has 1 aromatic carbocycles. The molecule has 0 spiro atoms. The van der Waals surface area contributed by atoms with E-state index in [2.05, 4.69) is 0 Å². The fraction of sp³-hybridized carbons (Fsp3) is 0.250. The number of nitrogens with two attached hydrogens (primary N) is 1. The zero-order valence-corrected chi connectivity index (χ0v) is 7.17. The molecule has 0 aromatic heterocycles. The first-order valence-corrected chi connectivity index (χ1v) is 3.26. The standard InChI is InChI=1S/C8H11NO.ClH/c1-7(9)10-8-5-3-2-4-6-8;/h2-7H,9H2,1H3;1H. The van der Waals surface area contributed by atoms with Gasteiger partial charge in [0, 0.05) is 0 Å². The molecule has 0 heterocycles. The Balaban J connectivity index is 0.000001000. The minimum absolute atomic E-state index is 0. The number of hydrogen-bond acceptors (Lipinski definition) is 2. The summed E-state index contributed by atoms with van der Waals surface area (Å²) in [6.07, 6.45) is -0.234. The highest BCUT2D eigenvalue weighted by molar-refractivity contribution is 5.85. The monoisotopic (exact) mass is 173 g/mol. The molecule has 0 saturated heterocycles. The third-order valence-electron chi connectivity index (χ3n) is 1.07. The van der Waals surface area contributed by atoms with Crippen molar-refractivity contribution in [2.75, 3.05) is 0 Å². The molecular formula is C8H12ClNO. The Labute approximate surface area is 72.8 Å². The summed E-state index contributed by atoms with van der Waals surface area (Å²) >= 11 is 0. The van der Waals surface area contributed by atoms with E-state index in [9.17, 15) is 0 Å². The third-order valence-corrected chi connectivity index (χ3v) is 1.07. The zero-order chi connectivity index (χ0) is 7.40. The van der Waals surface area contributed by atoms with Gasteiger partial charge < -0.3 is 4.74 Å². The molecule has 0 aliphatic rings. The van der Waals surface area contributed by atoms with Crippen LogP contribution in [-0.2, 0) is 0 Å². The van der Waals surface area contributed by atoms with Crippen molar-refractivity contribution < 1.29 is 4.74 Å². The van der Waals surface area contributed by atoms with Crippen molar-refractivity contribution >= 4 is 12.4 Å². The lowest BCUT2D eigenvalue weighted by Crippen LogP contribution is -2.22. The molecule has 3 heteroatoms. The van der Waals surface area contributed by atoms with E-state index in [1.165, 1.54) is 0 Å². The summed E-state index contributed by atoms with van der Waals surface area (Å²) in [5.74, 6) is 0.817. The van der Waals surface area contributed by atoms with Crippen LogP contribution in [0.25, 0.3) is 0 Å². The number of para-hydroxylation sites is 1. The number of hydrogen-bond donors (Lipinski definition) is 1. The minimum atomic E-state index is -0.234. The van der Waals surface area contributed by atoms with Gasteiger partial charge >= 0.3 is 0 Å². The molecule has 11 heavy (non-hydrogen) atoms. The van der Waals surface area contributed by atoms with E-state index < -0.39 is 0 Å². The first-order valence-electron chi connectivity index (χ1n) is 3.26. The fourth-order valence-electron chi connectivity index (χ4n) is 0.714. The normalized spacial score (nSPS) is 11.5. The Morgan fingerprint density at radius 2 is 1.82 bits per heavy atom. The summed E-state index contributed by atoms with van der Waals surface area (Å²) in [6.45, 7) is 1.80. The van der Waals surface area contributed by atoms with E-state index >= 15 is 0 Å². The summed E-state index contributed by atoms with van der Waals surface area (Å²) in [5.41, 5.74) is 5.40. The van der Waals surface area contributed by atoms with Gasteiger partial charge in [0.15, 0.2) is 0 Å². The zero-order valence-electron chi connectivity index (χ0n) is 6.36. The lowest BCUT2D eigenvalue weighted by molar-refractivity contribution is 0.230.